The van der Waals surface area contributed by atoms with E-state index >= 15 is 0 Å². The van der Waals surface area contributed by atoms with E-state index in [1.165, 1.54) is 17.6 Å². The van der Waals surface area contributed by atoms with Crippen LogP contribution >= 0.6 is 11.3 Å². The van der Waals surface area contributed by atoms with E-state index in [2.05, 4.69) is 15.6 Å². The monoisotopic (exact) mass is 501 g/mol. The summed E-state index contributed by atoms with van der Waals surface area (Å²) in [5, 5.41) is 13.2. The zero-order valence-corrected chi connectivity index (χ0v) is 20.6. The van der Waals surface area contributed by atoms with Crippen LogP contribution in [0.1, 0.15) is 28.6 Å². The van der Waals surface area contributed by atoms with Crippen LogP contribution in [0.25, 0.3) is 0 Å². The average molecular weight is 502 g/mol. The molecule has 3 rings (SSSR count). The Labute approximate surface area is 202 Å². The van der Waals surface area contributed by atoms with Crippen molar-refractivity contribution in [1.29, 1.82) is 5.41 Å². The van der Waals surface area contributed by atoms with Gasteiger partial charge in [0.1, 0.15) is 0 Å². The number of amides is 1. The number of anilines is 2. The molecule has 0 saturated carbocycles. The molecule has 9 nitrogen and oxygen atoms in total. The minimum atomic E-state index is -3.26. The van der Waals surface area contributed by atoms with Gasteiger partial charge >= 0.3 is 6.09 Å². The van der Waals surface area contributed by atoms with Crippen molar-refractivity contribution in [1.82, 2.24) is 4.98 Å². The van der Waals surface area contributed by atoms with E-state index in [4.69, 9.17) is 15.9 Å². The van der Waals surface area contributed by atoms with Gasteiger partial charge in [0, 0.05) is 23.2 Å². The molecule has 3 aromatic rings. The van der Waals surface area contributed by atoms with E-state index in [0.717, 1.165) is 33.8 Å². The van der Waals surface area contributed by atoms with Gasteiger partial charge in [-0.05, 0) is 55.2 Å². The molecule has 2 aromatic carbocycles. The second-order valence-corrected chi connectivity index (χ2v) is 10.7. The molecule has 1 heterocycles. The Morgan fingerprint density at radius 2 is 1.71 bits per heavy atom. The zero-order chi connectivity index (χ0) is 24.7. The van der Waals surface area contributed by atoms with Gasteiger partial charge in [-0.3, -0.25) is 10.7 Å². The van der Waals surface area contributed by atoms with Crippen molar-refractivity contribution in [2.45, 2.75) is 31.1 Å². The molecule has 0 spiro atoms. The SMILES string of the molecule is CCOC(=O)Nc1nc(CCc2ccc(NC(=N)N)cc2)c(Cc2ccc(S(C)(=O)=O)cc2)s1. The Kier molecular flexibility index (Phi) is 8.24. The molecule has 0 aliphatic carbocycles. The lowest BCUT2D eigenvalue weighted by molar-refractivity contribution is 0.168. The average Bonchev–Trinajstić information content (AvgIpc) is 3.13. The number of nitrogens with one attached hydrogen (secondary N) is 3. The van der Waals surface area contributed by atoms with Crippen molar-refractivity contribution >= 4 is 44.0 Å². The van der Waals surface area contributed by atoms with Crippen molar-refractivity contribution in [2.24, 2.45) is 5.73 Å². The van der Waals surface area contributed by atoms with Crippen molar-refractivity contribution in [3.63, 3.8) is 0 Å². The molecule has 0 radical (unpaired) electrons. The number of rotatable bonds is 9. The number of benzene rings is 2. The first-order valence-corrected chi connectivity index (χ1v) is 13.3. The number of hydrogen-bond acceptors (Lipinski definition) is 7. The molecule has 0 aliphatic rings. The third-order valence-electron chi connectivity index (χ3n) is 4.86. The van der Waals surface area contributed by atoms with Gasteiger partial charge < -0.3 is 15.8 Å². The zero-order valence-electron chi connectivity index (χ0n) is 18.9. The van der Waals surface area contributed by atoms with Gasteiger partial charge in [-0.2, -0.15) is 0 Å². The van der Waals surface area contributed by atoms with E-state index in [1.807, 2.05) is 24.3 Å². The number of aromatic nitrogens is 1. The molecule has 0 fully saturated rings. The summed E-state index contributed by atoms with van der Waals surface area (Å²) in [6.45, 7) is 1.99. The predicted octanol–water partition coefficient (Wildman–Crippen LogP) is 3.80. The Morgan fingerprint density at radius 1 is 1.06 bits per heavy atom. The van der Waals surface area contributed by atoms with Crippen molar-refractivity contribution < 1.29 is 17.9 Å². The minimum Gasteiger partial charge on any atom is -0.450 e. The second-order valence-electron chi connectivity index (χ2n) is 7.56. The Hall–Kier alpha value is -3.44. The van der Waals surface area contributed by atoms with Gasteiger partial charge in [0.2, 0.25) is 0 Å². The van der Waals surface area contributed by atoms with Gasteiger partial charge in [-0.15, -0.1) is 11.3 Å². The summed E-state index contributed by atoms with van der Waals surface area (Å²) in [4.78, 5) is 17.7. The third-order valence-corrected chi connectivity index (χ3v) is 7.00. The van der Waals surface area contributed by atoms with Crippen LogP contribution < -0.4 is 16.4 Å². The van der Waals surface area contributed by atoms with Crippen LogP contribution in [0.5, 0.6) is 0 Å². The summed E-state index contributed by atoms with van der Waals surface area (Å²) < 4.78 is 28.4. The molecule has 0 atom stereocenters. The van der Waals surface area contributed by atoms with E-state index in [-0.39, 0.29) is 17.5 Å². The standard InChI is InChI=1S/C23H27N5O4S2/c1-3-32-23(29)28-22-27-19(13-8-15-4-9-17(10-5-15)26-21(24)25)20(33-22)14-16-6-11-18(12-7-16)34(2,30)31/h4-7,9-12H,3,8,13-14H2,1-2H3,(H4,24,25,26)(H,27,28,29). The predicted molar refractivity (Wildman–Crippen MR) is 135 cm³/mol. The number of hydrogen-bond donors (Lipinski definition) is 4. The molecule has 11 heteroatoms. The number of nitrogens with two attached hydrogens (primary N) is 1. The first-order chi connectivity index (χ1) is 16.1. The summed E-state index contributed by atoms with van der Waals surface area (Å²) in [5.41, 5.74) is 8.99. The van der Waals surface area contributed by atoms with Gasteiger partial charge in [-0.1, -0.05) is 24.3 Å². The number of aryl methyl sites for hydroxylation is 2. The molecule has 1 amide bonds. The Morgan fingerprint density at radius 3 is 2.29 bits per heavy atom. The van der Waals surface area contributed by atoms with Crippen LogP contribution in [0.2, 0.25) is 0 Å². The van der Waals surface area contributed by atoms with Crippen molar-refractivity contribution in [3.8, 4) is 0 Å². The largest absolute Gasteiger partial charge is 0.450 e. The fraction of sp³-hybridized carbons (Fsp3) is 0.261. The first kappa shape index (κ1) is 25.2. The summed E-state index contributed by atoms with van der Waals surface area (Å²) in [6.07, 6.45) is 2.56. The highest BCUT2D eigenvalue weighted by Gasteiger charge is 2.15. The molecule has 0 bridgehead atoms. The normalized spacial score (nSPS) is 11.1. The highest BCUT2D eigenvalue weighted by molar-refractivity contribution is 7.90. The minimum absolute atomic E-state index is 0.119. The maximum Gasteiger partial charge on any atom is 0.413 e. The number of ether oxygens (including phenoxy) is 1. The van der Waals surface area contributed by atoms with Gasteiger partial charge in [0.05, 0.1) is 17.2 Å². The number of guanidine groups is 1. The lowest BCUT2D eigenvalue weighted by Gasteiger charge is -2.06. The van der Waals surface area contributed by atoms with Crippen LogP contribution in [-0.2, 0) is 33.8 Å². The third kappa shape index (κ3) is 7.29. The fourth-order valence-corrected chi connectivity index (χ4v) is 4.90. The number of carbonyl (C=O) groups is 1. The molecular formula is C23H27N5O4S2. The van der Waals surface area contributed by atoms with Crippen LogP contribution in [0.15, 0.2) is 53.4 Å². The second kappa shape index (κ2) is 11.1. The lowest BCUT2D eigenvalue weighted by Crippen LogP contribution is -2.20. The van der Waals surface area contributed by atoms with Crippen LogP contribution in [-0.4, -0.2) is 38.3 Å². The van der Waals surface area contributed by atoms with Gasteiger partial charge in [-0.25, -0.2) is 18.2 Å². The Balaban J connectivity index is 1.77. The summed E-state index contributed by atoms with van der Waals surface area (Å²) >= 11 is 1.37. The Bertz CT molecular complexity index is 1250. The number of sulfone groups is 1. The molecule has 1 aromatic heterocycles. The van der Waals surface area contributed by atoms with Gasteiger partial charge in [0.15, 0.2) is 20.9 Å². The molecule has 5 N–H and O–H groups in total. The van der Waals surface area contributed by atoms with Gasteiger partial charge in [0.25, 0.3) is 0 Å². The van der Waals surface area contributed by atoms with E-state index in [9.17, 15) is 13.2 Å². The van der Waals surface area contributed by atoms with Crippen LogP contribution in [0, 0.1) is 5.41 Å². The summed E-state index contributed by atoms with van der Waals surface area (Å²) in [6, 6.07) is 14.4. The number of carbonyl (C=O) groups excluding carboxylic acids is 1. The first-order valence-electron chi connectivity index (χ1n) is 10.6. The smallest absolute Gasteiger partial charge is 0.413 e. The van der Waals surface area contributed by atoms with Crippen LogP contribution in [0.4, 0.5) is 15.6 Å². The van der Waals surface area contributed by atoms with E-state index < -0.39 is 15.9 Å². The molecule has 0 aliphatic heterocycles. The van der Waals surface area contributed by atoms with E-state index in [1.54, 1.807) is 31.2 Å². The highest BCUT2D eigenvalue weighted by atomic mass is 32.2. The molecule has 34 heavy (non-hydrogen) atoms. The highest BCUT2D eigenvalue weighted by Crippen LogP contribution is 2.28. The molecule has 180 valence electrons. The molecule has 0 unspecified atom stereocenters. The van der Waals surface area contributed by atoms with Crippen molar-refractivity contribution in [3.05, 3.63) is 70.2 Å². The van der Waals surface area contributed by atoms with E-state index in [0.29, 0.717) is 18.0 Å². The summed E-state index contributed by atoms with van der Waals surface area (Å²) in [5.74, 6) is -0.119. The number of thiazole rings is 1. The van der Waals surface area contributed by atoms with Crippen molar-refractivity contribution in [2.75, 3.05) is 23.5 Å². The molecule has 0 saturated heterocycles. The number of nitrogens with zero attached hydrogens (tertiary/aromatic N) is 1. The quantitative estimate of drug-likeness (QED) is 0.257. The summed E-state index contributed by atoms with van der Waals surface area (Å²) in [7, 11) is -3.26. The fourth-order valence-electron chi connectivity index (χ4n) is 3.24. The lowest BCUT2D eigenvalue weighted by atomic mass is 10.0. The molecular weight excluding hydrogens is 474 g/mol. The topological polar surface area (TPSA) is 147 Å². The maximum absolute atomic E-state index is 11.9. The maximum atomic E-state index is 11.9. The van der Waals surface area contributed by atoms with Crippen LogP contribution in [0.3, 0.4) is 0 Å².